The molecule has 0 bridgehead atoms. The molecule has 0 spiro atoms. The number of amides is 2. The minimum Gasteiger partial charge on any atom is -0.478 e. The number of rotatable bonds is 5. The first-order chi connectivity index (χ1) is 9.99. The Balaban J connectivity index is 2.04. The lowest BCUT2D eigenvalue weighted by molar-refractivity contribution is 0.0697. The first kappa shape index (κ1) is 15.7. The fourth-order valence-electron chi connectivity index (χ4n) is 2.44. The molecular formula is C15H20N2O3S. The number of nitrogens with zero attached hydrogens (tertiary/aromatic N) is 1. The van der Waals surface area contributed by atoms with Gasteiger partial charge >= 0.3 is 12.0 Å². The molecule has 0 radical (unpaired) electrons. The molecule has 6 heteroatoms. The van der Waals surface area contributed by atoms with Crippen molar-refractivity contribution in [3.8, 4) is 0 Å². The zero-order valence-corrected chi connectivity index (χ0v) is 13.1. The van der Waals surface area contributed by atoms with Crippen molar-refractivity contribution in [1.29, 1.82) is 0 Å². The topological polar surface area (TPSA) is 69.6 Å². The molecule has 1 aliphatic rings. The molecule has 2 rings (SSSR count). The van der Waals surface area contributed by atoms with Crippen LogP contribution < -0.4 is 10.2 Å². The molecule has 1 saturated carbocycles. The normalized spacial score (nSPS) is 15.9. The molecule has 1 fully saturated rings. The van der Waals surface area contributed by atoms with E-state index in [0.717, 1.165) is 12.8 Å². The average Bonchev–Trinajstić information content (AvgIpc) is 2.45. The van der Waals surface area contributed by atoms with Crippen LogP contribution in [0.1, 0.15) is 29.6 Å². The predicted octanol–water partition coefficient (Wildman–Crippen LogP) is 2.82. The van der Waals surface area contributed by atoms with Gasteiger partial charge < -0.3 is 10.4 Å². The molecule has 0 atom stereocenters. The maximum absolute atomic E-state index is 12.2. The summed E-state index contributed by atoms with van der Waals surface area (Å²) in [5.41, 5.74) is 0.521. The Morgan fingerprint density at radius 1 is 1.38 bits per heavy atom. The molecule has 2 amide bonds. The number of benzene rings is 1. The molecule has 114 valence electrons. The molecule has 1 aliphatic carbocycles. The van der Waals surface area contributed by atoms with Gasteiger partial charge in [0, 0.05) is 18.3 Å². The highest BCUT2D eigenvalue weighted by Crippen LogP contribution is 2.42. The van der Waals surface area contributed by atoms with E-state index < -0.39 is 5.97 Å². The van der Waals surface area contributed by atoms with E-state index >= 15 is 0 Å². The number of carboxylic acid groups (broad SMARTS) is 1. The molecule has 0 saturated heterocycles. The Kier molecular flexibility index (Phi) is 4.77. The highest BCUT2D eigenvalue weighted by molar-refractivity contribution is 8.00. The summed E-state index contributed by atoms with van der Waals surface area (Å²) in [6.45, 7) is 0.618. The van der Waals surface area contributed by atoms with Crippen LogP contribution in [0.5, 0.6) is 0 Å². The second-order valence-corrected chi connectivity index (χ2v) is 6.55. The van der Waals surface area contributed by atoms with Crippen molar-refractivity contribution < 1.29 is 14.7 Å². The van der Waals surface area contributed by atoms with Gasteiger partial charge in [0.25, 0.3) is 0 Å². The Hall–Kier alpha value is -1.69. The third-order valence-electron chi connectivity index (χ3n) is 4.06. The third kappa shape index (κ3) is 3.32. The van der Waals surface area contributed by atoms with Crippen LogP contribution in [0.3, 0.4) is 0 Å². The minimum absolute atomic E-state index is 0.123. The van der Waals surface area contributed by atoms with Gasteiger partial charge in [0.05, 0.1) is 11.3 Å². The van der Waals surface area contributed by atoms with Crippen LogP contribution in [0.4, 0.5) is 10.5 Å². The molecular weight excluding hydrogens is 288 g/mol. The number of hydrogen-bond acceptors (Lipinski definition) is 3. The van der Waals surface area contributed by atoms with E-state index in [9.17, 15) is 14.7 Å². The van der Waals surface area contributed by atoms with Crippen LogP contribution in [0.25, 0.3) is 0 Å². The fourth-order valence-corrected chi connectivity index (χ4v) is 3.35. The summed E-state index contributed by atoms with van der Waals surface area (Å²) < 4.78 is 0.156. The lowest BCUT2D eigenvalue weighted by Gasteiger charge is -2.40. The highest BCUT2D eigenvalue weighted by Gasteiger charge is 2.36. The SMILES string of the molecule is CSC1(CNC(=O)N(C)c2ccccc2C(=O)O)CCC1. The van der Waals surface area contributed by atoms with Crippen molar-refractivity contribution in [3.63, 3.8) is 0 Å². The Labute approximate surface area is 128 Å². The summed E-state index contributed by atoms with van der Waals surface area (Å²) in [6, 6.07) is 6.23. The van der Waals surface area contributed by atoms with Gasteiger partial charge in [-0.05, 0) is 31.2 Å². The molecule has 0 heterocycles. The zero-order chi connectivity index (χ0) is 15.5. The van der Waals surface area contributed by atoms with Crippen LogP contribution >= 0.6 is 11.8 Å². The van der Waals surface area contributed by atoms with Gasteiger partial charge in [-0.3, -0.25) is 4.90 Å². The Morgan fingerprint density at radius 3 is 2.57 bits per heavy atom. The minimum atomic E-state index is -1.04. The second-order valence-electron chi connectivity index (χ2n) is 5.28. The number of para-hydroxylation sites is 1. The summed E-state index contributed by atoms with van der Waals surface area (Å²) >= 11 is 1.79. The van der Waals surface area contributed by atoms with Crippen molar-refractivity contribution in [1.82, 2.24) is 5.32 Å². The van der Waals surface area contributed by atoms with Gasteiger partial charge in [0.15, 0.2) is 0 Å². The number of aromatic carboxylic acids is 1. The standard InChI is InChI=1S/C15H20N2O3S/c1-17(12-7-4-3-6-11(12)13(18)19)14(20)16-10-15(21-2)8-5-9-15/h3-4,6-7H,5,8-10H2,1-2H3,(H,16,20)(H,18,19). The summed E-state index contributed by atoms with van der Waals surface area (Å²) in [6.07, 6.45) is 5.50. The number of urea groups is 1. The van der Waals surface area contributed by atoms with Crippen LogP contribution in [0, 0.1) is 0 Å². The van der Waals surface area contributed by atoms with E-state index in [0.29, 0.717) is 12.2 Å². The van der Waals surface area contributed by atoms with Gasteiger partial charge in [-0.25, -0.2) is 9.59 Å². The molecule has 0 aromatic heterocycles. The molecule has 1 aromatic rings. The van der Waals surface area contributed by atoms with E-state index in [1.165, 1.54) is 17.4 Å². The largest absolute Gasteiger partial charge is 0.478 e. The van der Waals surface area contributed by atoms with Crippen LogP contribution in [-0.4, -0.2) is 41.7 Å². The number of thioether (sulfide) groups is 1. The van der Waals surface area contributed by atoms with E-state index in [4.69, 9.17) is 0 Å². The first-order valence-electron chi connectivity index (χ1n) is 6.88. The highest BCUT2D eigenvalue weighted by atomic mass is 32.2. The number of carboxylic acids is 1. The zero-order valence-electron chi connectivity index (χ0n) is 12.3. The lowest BCUT2D eigenvalue weighted by atomic mass is 9.84. The summed E-state index contributed by atoms with van der Waals surface area (Å²) in [5.74, 6) is -1.04. The number of carbonyl (C=O) groups excluding carboxylic acids is 1. The van der Waals surface area contributed by atoms with Crippen molar-refractivity contribution in [2.24, 2.45) is 0 Å². The quantitative estimate of drug-likeness (QED) is 0.877. The maximum Gasteiger partial charge on any atom is 0.337 e. The number of anilines is 1. The van der Waals surface area contributed by atoms with Crippen LogP contribution in [0.2, 0.25) is 0 Å². The van der Waals surface area contributed by atoms with Crippen LogP contribution in [-0.2, 0) is 0 Å². The van der Waals surface area contributed by atoms with E-state index in [-0.39, 0.29) is 16.3 Å². The van der Waals surface area contributed by atoms with Crippen molar-refractivity contribution in [2.45, 2.75) is 24.0 Å². The van der Waals surface area contributed by atoms with Gasteiger partial charge in [-0.2, -0.15) is 11.8 Å². The average molecular weight is 308 g/mol. The summed E-state index contributed by atoms with van der Waals surface area (Å²) in [7, 11) is 1.59. The van der Waals surface area contributed by atoms with E-state index in [1.807, 2.05) is 0 Å². The summed E-state index contributed by atoms with van der Waals surface area (Å²) in [4.78, 5) is 24.8. The molecule has 2 N–H and O–H groups in total. The van der Waals surface area contributed by atoms with Gasteiger partial charge in [0.2, 0.25) is 0 Å². The van der Waals surface area contributed by atoms with Gasteiger partial charge in [0.1, 0.15) is 0 Å². The van der Waals surface area contributed by atoms with Crippen LogP contribution in [0.15, 0.2) is 24.3 Å². The van der Waals surface area contributed by atoms with Crippen molar-refractivity contribution in [3.05, 3.63) is 29.8 Å². The Bertz CT molecular complexity index is 538. The third-order valence-corrected chi connectivity index (χ3v) is 5.48. The molecule has 0 unspecified atom stereocenters. The smallest absolute Gasteiger partial charge is 0.337 e. The van der Waals surface area contributed by atoms with Gasteiger partial charge in [-0.15, -0.1) is 0 Å². The number of carbonyl (C=O) groups is 2. The Morgan fingerprint density at radius 2 is 2.05 bits per heavy atom. The molecule has 0 aliphatic heterocycles. The summed E-state index contributed by atoms with van der Waals surface area (Å²) in [5, 5.41) is 12.1. The van der Waals surface area contributed by atoms with Crippen molar-refractivity contribution >= 4 is 29.4 Å². The molecule has 5 nitrogen and oxygen atoms in total. The van der Waals surface area contributed by atoms with E-state index in [2.05, 4.69) is 11.6 Å². The maximum atomic E-state index is 12.2. The molecule has 1 aromatic carbocycles. The first-order valence-corrected chi connectivity index (χ1v) is 8.10. The van der Waals surface area contributed by atoms with Gasteiger partial charge in [-0.1, -0.05) is 18.6 Å². The number of hydrogen-bond donors (Lipinski definition) is 2. The van der Waals surface area contributed by atoms with Crippen molar-refractivity contribution in [2.75, 3.05) is 24.7 Å². The fraction of sp³-hybridized carbons (Fsp3) is 0.467. The molecule has 21 heavy (non-hydrogen) atoms. The van der Waals surface area contributed by atoms with E-state index in [1.54, 1.807) is 37.0 Å². The second kappa shape index (κ2) is 6.39. The number of nitrogens with one attached hydrogen (secondary N) is 1. The monoisotopic (exact) mass is 308 g/mol. The predicted molar refractivity (Wildman–Crippen MR) is 85.3 cm³/mol. The lowest BCUT2D eigenvalue weighted by Crippen LogP contribution is -2.48.